The Morgan fingerprint density at radius 2 is 2.10 bits per heavy atom. The van der Waals surface area contributed by atoms with Crippen LogP contribution in [0.4, 0.5) is 4.79 Å². The summed E-state index contributed by atoms with van der Waals surface area (Å²) in [7, 11) is 1.61. The van der Waals surface area contributed by atoms with Gasteiger partial charge < -0.3 is 19.7 Å². The van der Waals surface area contributed by atoms with Crippen LogP contribution in [0.2, 0.25) is 0 Å². The predicted molar refractivity (Wildman–Crippen MR) is 111 cm³/mol. The van der Waals surface area contributed by atoms with Gasteiger partial charge in [-0.25, -0.2) is 9.78 Å². The molecular weight excluding hydrogens is 366 g/mol. The summed E-state index contributed by atoms with van der Waals surface area (Å²) in [5.41, 5.74) is 4.08. The number of nitrogens with zero attached hydrogens (tertiary/aromatic N) is 2. The van der Waals surface area contributed by atoms with Crippen LogP contribution in [0, 0.1) is 13.8 Å². The predicted octanol–water partition coefficient (Wildman–Crippen LogP) is 3.91. The fraction of sp³-hybridized carbons (Fsp3) is 0.478. The number of pyridine rings is 1. The molecule has 1 aromatic carbocycles. The second-order valence-electron chi connectivity index (χ2n) is 7.94. The zero-order chi connectivity index (χ0) is 20.4. The van der Waals surface area contributed by atoms with E-state index in [4.69, 9.17) is 9.47 Å². The summed E-state index contributed by atoms with van der Waals surface area (Å²) in [6, 6.07) is 12.4. The van der Waals surface area contributed by atoms with Gasteiger partial charge in [-0.1, -0.05) is 30.3 Å². The molecule has 4 rings (SSSR count). The number of ether oxygens (including phenoxy) is 2. The highest BCUT2D eigenvalue weighted by Gasteiger charge is 2.43. The zero-order valence-corrected chi connectivity index (χ0v) is 17.4. The summed E-state index contributed by atoms with van der Waals surface area (Å²) >= 11 is 0. The molecule has 0 spiro atoms. The Balaban J connectivity index is 1.44. The van der Waals surface area contributed by atoms with Crippen LogP contribution in [0.25, 0.3) is 0 Å². The number of fused-ring (bicyclic) bond motifs is 1. The van der Waals surface area contributed by atoms with E-state index >= 15 is 0 Å². The van der Waals surface area contributed by atoms with Crippen molar-refractivity contribution in [2.45, 2.75) is 57.9 Å². The second-order valence-corrected chi connectivity index (χ2v) is 7.94. The van der Waals surface area contributed by atoms with Gasteiger partial charge in [-0.3, -0.25) is 0 Å². The third kappa shape index (κ3) is 4.08. The number of nitrogens with one attached hydrogen (secondary N) is 1. The van der Waals surface area contributed by atoms with E-state index in [1.807, 2.05) is 43.0 Å². The Morgan fingerprint density at radius 3 is 2.86 bits per heavy atom. The molecule has 2 amide bonds. The first-order valence-corrected chi connectivity index (χ1v) is 10.3. The fourth-order valence-electron chi connectivity index (χ4n) is 4.56. The molecule has 2 aromatic rings. The highest BCUT2D eigenvalue weighted by atomic mass is 16.5. The van der Waals surface area contributed by atoms with Gasteiger partial charge in [-0.15, -0.1) is 0 Å². The van der Waals surface area contributed by atoms with Crippen molar-refractivity contribution in [1.29, 1.82) is 0 Å². The number of aryl methyl sites for hydroxylation is 2. The quantitative estimate of drug-likeness (QED) is 0.853. The molecule has 29 heavy (non-hydrogen) atoms. The second kappa shape index (κ2) is 8.41. The first kappa shape index (κ1) is 19.7. The van der Waals surface area contributed by atoms with Gasteiger partial charge in [-0.05, 0) is 43.9 Å². The molecule has 1 N–H and O–H groups in total. The number of carbonyl (C=O) groups is 1. The smallest absolute Gasteiger partial charge is 0.318 e. The molecule has 0 bridgehead atoms. The lowest BCUT2D eigenvalue weighted by molar-refractivity contribution is 0.00551. The maximum Gasteiger partial charge on any atom is 0.318 e. The van der Waals surface area contributed by atoms with Gasteiger partial charge in [0.1, 0.15) is 0 Å². The third-order valence-corrected chi connectivity index (χ3v) is 5.99. The molecule has 2 fully saturated rings. The molecule has 0 saturated carbocycles. The van der Waals surface area contributed by atoms with Crippen LogP contribution in [0.1, 0.15) is 47.8 Å². The van der Waals surface area contributed by atoms with Crippen LogP contribution < -0.4 is 10.1 Å². The minimum Gasteiger partial charge on any atom is -0.481 e. The first-order valence-electron chi connectivity index (χ1n) is 10.3. The molecule has 2 aliphatic rings. The van der Waals surface area contributed by atoms with Gasteiger partial charge in [0.25, 0.3) is 0 Å². The van der Waals surface area contributed by atoms with Gasteiger partial charge in [0.2, 0.25) is 5.88 Å². The molecule has 1 aromatic heterocycles. The van der Waals surface area contributed by atoms with E-state index in [2.05, 4.69) is 22.4 Å². The largest absolute Gasteiger partial charge is 0.481 e. The van der Waals surface area contributed by atoms with E-state index in [1.54, 1.807) is 7.11 Å². The van der Waals surface area contributed by atoms with Crippen LogP contribution >= 0.6 is 0 Å². The number of carbonyl (C=O) groups excluding carboxylic acids is 1. The van der Waals surface area contributed by atoms with Crippen LogP contribution in [0.3, 0.4) is 0 Å². The monoisotopic (exact) mass is 395 g/mol. The topological polar surface area (TPSA) is 63.7 Å². The van der Waals surface area contributed by atoms with Crippen LogP contribution in [0.5, 0.6) is 5.88 Å². The Hall–Kier alpha value is -2.60. The minimum absolute atomic E-state index is 0.0426. The van der Waals surface area contributed by atoms with Gasteiger partial charge in [0, 0.05) is 24.2 Å². The van der Waals surface area contributed by atoms with Gasteiger partial charge >= 0.3 is 6.03 Å². The number of hydrogen-bond acceptors (Lipinski definition) is 4. The van der Waals surface area contributed by atoms with Crippen molar-refractivity contribution in [2.24, 2.45) is 0 Å². The number of methoxy groups -OCH3 is 1. The summed E-state index contributed by atoms with van der Waals surface area (Å²) in [5, 5.41) is 3.08. The summed E-state index contributed by atoms with van der Waals surface area (Å²) in [6.45, 7) is 5.12. The van der Waals surface area contributed by atoms with Gasteiger partial charge in [0.15, 0.2) is 0 Å². The summed E-state index contributed by atoms with van der Waals surface area (Å²) in [5.74, 6) is 0.577. The average molecular weight is 396 g/mol. The Labute approximate surface area is 172 Å². The van der Waals surface area contributed by atoms with Gasteiger partial charge in [0.05, 0.1) is 31.9 Å². The maximum atomic E-state index is 13.0. The van der Waals surface area contributed by atoms with E-state index in [-0.39, 0.29) is 24.3 Å². The molecule has 154 valence electrons. The SMILES string of the molecule is COc1nc(C)cc(C)c1CNC(=O)N1CCC[C@@H]2O[C@H](c3ccccc3)C[C@@H]21. The highest BCUT2D eigenvalue weighted by Crippen LogP contribution is 2.39. The maximum absolute atomic E-state index is 13.0. The van der Waals surface area contributed by atoms with Crippen LogP contribution in [-0.2, 0) is 11.3 Å². The molecule has 0 aliphatic carbocycles. The number of aromatic nitrogens is 1. The molecule has 2 aliphatic heterocycles. The lowest BCUT2D eigenvalue weighted by Crippen LogP contribution is -2.52. The molecule has 0 radical (unpaired) electrons. The number of piperidine rings is 1. The van der Waals surface area contributed by atoms with E-state index < -0.39 is 0 Å². The molecule has 6 heteroatoms. The van der Waals surface area contributed by atoms with Gasteiger partial charge in [-0.2, -0.15) is 0 Å². The van der Waals surface area contributed by atoms with Crippen molar-refractivity contribution in [1.82, 2.24) is 15.2 Å². The van der Waals surface area contributed by atoms with Crippen molar-refractivity contribution in [2.75, 3.05) is 13.7 Å². The lowest BCUT2D eigenvalue weighted by Gasteiger charge is -2.36. The minimum atomic E-state index is -0.0426. The van der Waals surface area contributed by atoms with E-state index in [0.29, 0.717) is 12.4 Å². The number of hydrogen-bond donors (Lipinski definition) is 1. The summed E-state index contributed by atoms with van der Waals surface area (Å²) in [4.78, 5) is 19.4. The highest BCUT2D eigenvalue weighted by molar-refractivity contribution is 5.75. The van der Waals surface area contributed by atoms with Crippen molar-refractivity contribution in [3.05, 3.63) is 58.8 Å². The standard InChI is InChI=1S/C23H29N3O3/c1-15-12-16(2)25-22(28-3)18(15)14-24-23(27)26-11-7-10-20-19(26)13-21(29-20)17-8-5-4-6-9-17/h4-6,8-9,12,19-21H,7,10-11,13-14H2,1-3H3,(H,24,27)/t19-,20-,21-/m0/s1. The average Bonchev–Trinajstić information content (AvgIpc) is 3.17. The van der Waals surface area contributed by atoms with Crippen molar-refractivity contribution < 1.29 is 14.3 Å². The van der Waals surface area contributed by atoms with Crippen molar-refractivity contribution in [3.8, 4) is 5.88 Å². The number of benzene rings is 1. The van der Waals surface area contributed by atoms with E-state index in [9.17, 15) is 4.79 Å². The van der Waals surface area contributed by atoms with Crippen molar-refractivity contribution in [3.63, 3.8) is 0 Å². The molecule has 2 saturated heterocycles. The van der Waals surface area contributed by atoms with Crippen LogP contribution in [-0.4, -0.2) is 41.7 Å². The number of likely N-dealkylation sites (tertiary alicyclic amines) is 1. The zero-order valence-electron chi connectivity index (χ0n) is 17.4. The summed E-state index contributed by atoms with van der Waals surface area (Å²) < 4.78 is 11.7. The number of rotatable bonds is 4. The van der Waals surface area contributed by atoms with Crippen LogP contribution in [0.15, 0.2) is 36.4 Å². The molecule has 0 unspecified atom stereocenters. The molecule has 3 heterocycles. The Morgan fingerprint density at radius 1 is 1.31 bits per heavy atom. The Kier molecular flexibility index (Phi) is 5.72. The Bertz CT molecular complexity index is 871. The first-order chi connectivity index (χ1) is 14.1. The molecule has 3 atom stereocenters. The fourth-order valence-corrected chi connectivity index (χ4v) is 4.56. The lowest BCUT2D eigenvalue weighted by atomic mass is 9.96. The molecule has 6 nitrogen and oxygen atoms in total. The molecular formula is C23H29N3O3. The van der Waals surface area contributed by atoms with E-state index in [1.165, 1.54) is 5.56 Å². The van der Waals surface area contributed by atoms with Crippen molar-refractivity contribution >= 4 is 6.03 Å². The third-order valence-electron chi connectivity index (χ3n) is 5.99. The van der Waals surface area contributed by atoms with E-state index in [0.717, 1.165) is 42.6 Å². The normalized spacial score (nSPS) is 23.6. The summed E-state index contributed by atoms with van der Waals surface area (Å²) in [6.07, 6.45) is 2.98. The number of urea groups is 1. The number of amides is 2.